The molecule has 0 aliphatic carbocycles. The second kappa shape index (κ2) is 16.7. The zero-order valence-electron chi connectivity index (χ0n) is 5.62. The van der Waals surface area contributed by atoms with Crippen molar-refractivity contribution in [3.8, 4) is 0 Å². The van der Waals surface area contributed by atoms with Gasteiger partial charge >= 0.3 is 0 Å². The first kappa shape index (κ1) is 17.3. The lowest BCUT2D eigenvalue weighted by Gasteiger charge is -1.93. The lowest BCUT2D eigenvalue weighted by Crippen LogP contribution is -2.02. The van der Waals surface area contributed by atoms with E-state index in [0.29, 0.717) is 0 Å². The summed E-state index contributed by atoms with van der Waals surface area (Å²) >= 11 is 0. The minimum Gasteiger partial charge on any atom is -0.330 e. The van der Waals surface area contributed by atoms with Crippen molar-refractivity contribution in [3.05, 3.63) is 0 Å². The third-order valence-electron chi connectivity index (χ3n) is 0.486. The first-order valence-corrected chi connectivity index (χ1v) is 5.05. The molecular weight excluding hydrogens is 211 g/mol. The Kier molecular flexibility index (Phi) is 28.9. The number of hydrogen-bond acceptors (Lipinski definition) is 4. The molecule has 0 spiro atoms. The van der Waals surface area contributed by atoms with Gasteiger partial charge in [0.2, 0.25) is 0 Å². The van der Waals surface area contributed by atoms with Crippen LogP contribution in [0.5, 0.6) is 0 Å². The first-order valence-electron chi connectivity index (χ1n) is 2.56. The van der Waals surface area contributed by atoms with Crippen molar-refractivity contribution in [2.24, 2.45) is 11.5 Å². The fourth-order valence-electron chi connectivity index (χ4n) is 0.214. The van der Waals surface area contributed by atoms with E-state index >= 15 is 0 Å². The van der Waals surface area contributed by atoms with Gasteiger partial charge in [0, 0.05) is 24.6 Å². The van der Waals surface area contributed by atoms with Crippen LogP contribution in [-0.4, -0.2) is 24.6 Å². The monoisotopic (exact) mass is 224 g/mol. The number of rotatable bonds is 5. The standard InChI is InChI=1S/C4H12N2S2.2ClH/c5-1-3-7-8-4-2-6;;/h1-6H2;2*1H. The SMILES string of the molecule is Cl.Cl.NCCSSCCN. The summed E-state index contributed by atoms with van der Waals surface area (Å²) in [5.41, 5.74) is 10.5. The zero-order chi connectivity index (χ0) is 6.24. The molecule has 0 heterocycles. The maximum absolute atomic E-state index is 5.25. The van der Waals surface area contributed by atoms with Gasteiger partial charge in [-0.3, -0.25) is 0 Å². The Bertz CT molecular complexity index is 44.2. The van der Waals surface area contributed by atoms with E-state index in [4.69, 9.17) is 11.5 Å². The van der Waals surface area contributed by atoms with E-state index in [-0.39, 0.29) is 24.8 Å². The van der Waals surface area contributed by atoms with Gasteiger partial charge in [-0.05, 0) is 0 Å². The Hall–Kier alpha value is 1.20. The summed E-state index contributed by atoms with van der Waals surface area (Å²) in [5.74, 6) is 2.06. The van der Waals surface area contributed by atoms with E-state index in [1.54, 1.807) is 21.6 Å². The molecule has 0 fully saturated rings. The molecule has 0 bridgehead atoms. The zero-order valence-corrected chi connectivity index (χ0v) is 8.88. The van der Waals surface area contributed by atoms with Crippen LogP contribution in [0.4, 0.5) is 0 Å². The maximum Gasteiger partial charge on any atom is 0.0160 e. The van der Waals surface area contributed by atoms with Gasteiger partial charge in [-0.25, -0.2) is 0 Å². The van der Waals surface area contributed by atoms with Crippen LogP contribution in [0, 0.1) is 0 Å². The van der Waals surface area contributed by atoms with Gasteiger partial charge < -0.3 is 11.5 Å². The molecule has 0 aromatic rings. The Labute approximate surface area is 82.5 Å². The van der Waals surface area contributed by atoms with Crippen LogP contribution < -0.4 is 11.5 Å². The molecule has 0 saturated heterocycles. The van der Waals surface area contributed by atoms with E-state index in [1.807, 2.05) is 0 Å². The fraction of sp³-hybridized carbons (Fsp3) is 1.00. The molecule has 4 N–H and O–H groups in total. The van der Waals surface area contributed by atoms with Crippen molar-refractivity contribution in [3.63, 3.8) is 0 Å². The Balaban J connectivity index is -0.000000245. The summed E-state index contributed by atoms with van der Waals surface area (Å²) in [5, 5.41) is 0. The highest BCUT2D eigenvalue weighted by atomic mass is 35.5. The smallest absolute Gasteiger partial charge is 0.0160 e. The lowest BCUT2D eigenvalue weighted by molar-refractivity contribution is 1.15. The van der Waals surface area contributed by atoms with Gasteiger partial charge in [-0.15, -0.1) is 24.8 Å². The van der Waals surface area contributed by atoms with Gasteiger partial charge in [-0.2, -0.15) is 0 Å². The molecule has 0 rings (SSSR count). The Morgan fingerprint density at radius 1 is 0.800 bits per heavy atom. The van der Waals surface area contributed by atoms with Crippen LogP contribution in [0.3, 0.4) is 0 Å². The van der Waals surface area contributed by atoms with Crippen LogP contribution in [-0.2, 0) is 0 Å². The molecule has 0 radical (unpaired) electrons. The molecule has 0 aromatic heterocycles. The quantitative estimate of drug-likeness (QED) is 0.544. The first-order chi connectivity index (χ1) is 3.91. The lowest BCUT2D eigenvalue weighted by atomic mass is 10.8. The maximum atomic E-state index is 5.25. The summed E-state index contributed by atoms with van der Waals surface area (Å²) in [7, 11) is 3.58. The van der Waals surface area contributed by atoms with Crippen LogP contribution >= 0.6 is 46.4 Å². The molecule has 6 heteroatoms. The fourth-order valence-corrected chi connectivity index (χ4v) is 1.93. The Morgan fingerprint density at radius 3 is 1.30 bits per heavy atom. The predicted octanol–water partition coefficient (Wildman–Crippen LogP) is 1.13. The highest BCUT2D eigenvalue weighted by molar-refractivity contribution is 8.76. The van der Waals surface area contributed by atoms with E-state index in [2.05, 4.69) is 0 Å². The van der Waals surface area contributed by atoms with Crippen LogP contribution in [0.15, 0.2) is 0 Å². The minimum atomic E-state index is 0. The number of halogens is 2. The molecule has 0 atom stereocenters. The van der Waals surface area contributed by atoms with Gasteiger partial charge in [0.1, 0.15) is 0 Å². The van der Waals surface area contributed by atoms with Gasteiger partial charge in [0.15, 0.2) is 0 Å². The largest absolute Gasteiger partial charge is 0.330 e. The highest BCUT2D eigenvalue weighted by Gasteiger charge is 1.84. The molecule has 0 aliphatic rings. The number of nitrogens with two attached hydrogens (primary N) is 2. The average Bonchev–Trinajstić information content (AvgIpc) is 1.81. The van der Waals surface area contributed by atoms with Crippen molar-refractivity contribution in [2.45, 2.75) is 0 Å². The van der Waals surface area contributed by atoms with E-state index in [1.165, 1.54) is 0 Å². The molecule has 0 saturated carbocycles. The van der Waals surface area contributed by atoms with Crippen molar-refractivity contribution in [2.75, 3.05) is 24.6 Å². The third kappa shape index (κ3) is 16.1. The van der Waals surface area contributed by atoms with Crippen molar-refractivity contribution in [1.82, 2.24) is 0 Å². The van der Waals surface area contributed by atoms with Crippen molar-refractivity contribution < 1.29 is 0 Å². The van der Waals surface area contributed by atoms with Crippen LogP contribution in [0.25, 0.3) is 0 Å². The van der Waals surface area contributed by atoms with Crippen molar-refractivity contribution in [1.29, 1.82) is 0 Å². The summed E-state index contributed by atoms with van der Waals surface area (Å²) in [6.07, 6.45) is 0. The van der Waals surface area contributed by atoms with Gasteiger partial charge in [0.25, 0.3) is 0 Å². The summed E-state index contributed by atoms with van der Waals surface area (Å²) < 4.78 is 0. The molecule has 10 heavy (non-hydrogen) atoms. The van der Waals surface area contributed by atoms with Crippen LogP contribution in [0.1, 0.15) is 0 Å². The molecule has 0 aromatic carbocycles. The summed E-state index contributed by atoms with van der Waals surface area (Å²) in [4.78, 5) is 0. The summed E-state index contributed by atoms with van der Waals surface area (Å²) in [6.45, 7) is 1.53. The van der Waals surface area contributed by atoms with Gasteiger partial charge in [0.05, 0.1) is 0 Å². The molecule has 0 amide bonds. The predicted molar refractivity (Wildman–Crippen MR) is 57.5 cm³/mol. The Morgan fingerprint density at radius 2 is 1.10 bits per heavy atom. The molecule has 0 aliphatic heterocycles. The third-order valence-corrected chi connectivity index (χ3v) is 2.96. The van der Waals surface area contributed by atoms with Crippen molar-refractivity contribution >= 4 is 46.4 Å². The van der Waals surface area contributed by atoms with Gasteiger partial charge in [-0.1, -0.05) is 21.6 Å². The number of hydrogen-bond donors (Lipinski definition) is 2. The topological polar surface area (TPSA) is 52.0 Å². The minimum absolute atomic E-state index is 0. The molecule has 2 nitrogen and oxygen atoms in total. The summed E-state index contributed by atoms with van der Waals surface area (Å²) in [6, 6.07) is 0. The molecular formula is C4H14Cl2N2S2. The van der Waals surface area contributed by atoms with E-state index in [0.717, 1.165) is 24.6 Å². The highest BCUT2D eigenvalue weighted by Crippen LogP contribution is 2.18. The van der Waals surface area contributed by atoms with E-state index < -0.39 is 0 Å². The van der Waals surface area contributed by atoms with Crippen LogP contribution in [0.2, 0.25) is 0 Å². The average molecular weight is 225 g/mol. The molecule has 0 unspecified atom stereocenters. The van der Waals surface area contributed by atoms with E-state index in [9.17, 15) is 0 Å². The normalized spacial score (nSPS) is 7.80. The molecule has 66 valence electrons. The second-order valence-electron chi connectivity index (χ2n) is 1.22. The second-order valence-corrected chi connectivity index (χ2v) is 3.92.